The van der Waals surface area contributed by atoms with Gasteiger partial charge in [0.25, 0.3) is 11.5 Å². The number of hydrogen-bond acceptors (Lipinski definition) is 9. The van der Waals surface area contributed by atoms with Crippen LogP contribution in [0.1, 0.15) is 28.9 Å². The van der Waals surface area contributed by atoms with Gasteiger partial charge in [0.2, 0.25) is 11.9 Å². The fourth-order valence-electron chi connectivity index (χ4n) is 3.51. The quantitative estimate of drug-likeness (QED) is 0.179. The van der Waals surface area contributed by atoms with Gasteiger partial charge in [-0.2, -0.15) is 4.98 Å². The molecule has 0 unspecified atom stereocenters. The molecule has 0 bridgehead atoms. The van der Waals surface area contributed by atoms with Crippen molar-refractivity contribution in [3.8, 4) is 0 Å². The van der Waals surface area contributed by atoms with Crippen molar-refractivity contribution in [2.75, 3.05) is 16.4 Å². The zero-order valence-corrected chi connectivity index (χ0v) is 20.0. The van der Waals surface area contributed by atoms with Crippen molar-refractivity contribution in [2.24, 2.45) is 0 Å². The number of aromatic amines is 1. The highest BCUT2D eigenvalue weighted by molar-refractivity contribution is 5.97. The van der Waals surface area contributed by atoms with E-state index < -0.39 is 23.5 Å². The van der Waals surface area contributed by atoms with Gasteiger partial charge in [-0.05, 0) is 42.8 Å². The first kappa shape index (κ1) is 25.8. The fourth-order valence-corrected chi connectivity index (χ4v) is 3.51. The Morgan fingerprint density at radius 2 is 1.74 bits per heavy atom. The van der Waals surface area contributed by atoms with E-state index in [9.17, 15) is 24.3 Å². The highest BCUT2D eigenvalue weighted by atomic mass is 16.4. The summed E-state index contributed by atoms with van der Waals surface area (Å²) in [7, 11) is 0. The number of carboxylic acids is 1. The van der Waals surface area contributed by atoms with Crippen molar-refractivity contribution < 1.29 is 19.5 Å². The van der Waals surface area contributed by atoms with E-state index >= 15 is 0 Å². The Morgan fingerprint density at radius 3 is 2.45 bits per heavy atom. The number of fused-ring (bicyclic) bond motifs is 1. The Balaban J connectivity index is 1.31. The molecule has 0 saturated heterocycles. The minimum Gasteiger partial charge on any atom is -0.480 e. The first-order chi connectivity index (χ1) is 18.3. The Labute approximate surface area is 215 Å². The number of carbonyl (C=O) groups excluding carboxylic acids is 2. The lowest BCUT2D eigenvalue weighted by Gasteiger charge is -2.15. The van der Waals surface area contributed by atoms with Gasteiger partial charge in [0.05, 0.1) is 18.4 Å². The summed E-state index contributed by atoms with van der Waals surface area (Å²) in [5, 5.41) is 17.7. The third kappa shape index (κ3) is 6.66. The van der Waals surface area contributed by atoms with Crippen LogP contribution in [0.5, 0.6) is 0 Å². The largest absolute Gasteiger partial charge is 0.480 e. The molecule has 1 atom stereocenters. The van der Waals surface area contributed by atoms with Crippen LogP contribution in [0.2, 0.25) is 0 Å². The van der Waals surface area contributed by atoms with E-state index in [1.54, 1.807) is 36.4 Å². The van der Waals surface area contributed by atoms with Gasteiger partial charge in [0, 0.05) is 23.4 Å². The SMILES string of the molecule is Nc1nc2ncc(CNc3ccc(C(=O)N[C@@H](CCC(=O)Nc4ccccc4)C(=O)O)cc3)nc2c(=O)[nH]1. The summed E-state index contributed by atoms with van der Waals surface area (Å²) in [6.45, 7) is 0.241. The highest BCUT2D eigenvalue weighted by Gasteiger charge is 2.22. The number of carboxylic acid groups (broad SMARTS) is 1. The zero-order valence-electron chi connectivity index (χ0n) is 20.0. The van der Waals surface area contributed by atoms with Crippen molar-refractivity contribution in [1.82, 2.24) is 25.3 Å². The minimum absolute atomic E-state index is 0.0463. The number of amides is 2. The van der Waals surface area contributed by atoms with E-state index in [0.717, 1.165) is 0 Å². The molecule has 0 radical (unpaired) electrons. The van der Waals surface area contributed by atoms with Crippen molar-refractivity contribution >= 4 is 46.3 Å². The normalized spacial score (nSPS) is 11.5. The number of anilines is 3. The second kappa shape index (κ2) is 11.6. The van der Waals surface area contributed by atoms with Crippen LogP contribution in [0.15, 0.2) is 65.6 Å². The fraction of sp³-hybridized carbons (Fsp3) is 0.160. The number of aromatic nitrogens is 4. The molecule has 0 saturated carbocycles. The molecule has 194 valence electrons. The smallest absolute Gasteiger partial charge is 0.326 e. The molecule has 13 nitrogen and oxygen atoms in total. The van der Waals surface area contributed by atoms with Crippen LogP contribution in [0, 0.1) is 0 Å². The maximum Gasteiger partial charge on any atom is 0.326 e. The number of H-pyrrole nitrogens is 1. The van der Waals surface area contributed by atoms with Crippen LogP contribution in [0.4, 0.5) is 17.3 Å². The van der Waals surface area contributed by atoms with Crippen LogP contribution in [0.25, 0.3) is 11.2 Å². The number of carbonyl (C=O) groups is 3. The average Bonchev–Trinajstić information content (AvgIpc) is 2.90. The summed E-state index contributed by atoms with van der Waals surface area (Å²) >= 11 is 0. The molecule has 2 aromatic heterocycles. The monoisotopic (exact) mass is 516 g/mol. The van der Waals surface area contributed by atoms with Gasteiger partial charge in [-0.1, -0.05) is 18.2 Å². The van der Waals surface area contributed by atoms with Crippen LogP contribution < -0.4 is 27.2 Å². The molecule has 0 aliphatic rings. The average molecular weight is 517 g/mol. The van der Waals surface area contributed by atoms with E-state index in [0.29, 0.717) is 17.1 Å². The second-order valence-corrected chi connectivity index (χ2v) is 8.23. The summed E-state index contributed by atoms with van der Waals surface area (Å²) in [5.74, 6) is -2.22. The summed E-state index contributed by atoms with van der Waals surface area (Å²) in [5.41, 5.74) is 7.20. The lowest BCUT2D eigenvalue weighted by molar-refractivity contribution is -0.139. The van der Waals surface area contributed by atoms with Gasteiger partial charge >= 0.3 is 5.97 Å². The molecule has 2 aromatic carbocycles. The number of nitrogens with two attached hydrogens (primary N) is 1. The zero-order chi connectivity index (χ0) is 27.1. The predicted octanol–water partition coefficient (Wildman–Crippen LogP) is 1.51. The minimum atomic E-state index is -1.24. The molecular weight excluding hydrogens is 492 g/mol. The van der Waals surface area contributed by atoms with E-state index in [4.69, 9.17) is 5.73 Å². The number of aliphatic carboxylic acids is 1. The summed E-state index contributed by atoms with van der Waals surface area (Å²) in [6, 6.07) is 13.9. The van der Waals surface area contributed by atoms with Gasteiger partial charge in [-0.15, -0.1) is 0 Å². The summed E-state index contributed by atoms with van der Waals surface area (Å²) in [6.07, 6.45) is 1.31. The number of rotatable bonds is 10. The topological polar surface area (TPSA) is 205 Å². The van der Waals surface area contributed by atoms with Gasteiger partial charge in [-0.3, -0.25) is 19.4 Å². The van der Waals surface area contributed by atoms with E-state index in [1.165, 1.54) is 18.3 Å². The number of benzene rings is 2. The van der Waals surface area contributed by atoms with Crippen LogP contribution in [-0.2, 0) is 16.1 Å². The number of nitrogens with zero attached hydrogens (tertiary/aromatic N) is 3. The van der Waals surface area contributed by atoms with E-state index in [2.05, 4.69) is 35.9 Å². The molecular formula is C25H24N8O5. The van der Waals surface area contributed by atoms with Gasteiger partial charge < -0.3 is 26.8 Å². The maximum absolute atomic E-state index is 12.6. The molecule has 0 fully saturated rings. The molecule has 4 aromatic rings. The summed E-state index contributed by atoms with van der Waals surface area (Å²) < 4.78 is 0. The van der Waals surface area contributed by atoms with Gasteiger partial charge in [-0.25, -0.2) is 14.8 Å². The lowest BCUT2D eigenvalue weighted by atomic mass is 10.1. The number of para-hydroxylation sites is 1. The first-order valence-corrected chi connectivity index (χ1v) is 11.5. The molecule has 2 heterocycles. The van der Waals surface area contributed by atoms with Crippen LogP contribution >= 0.6 is 0 Å². The molecule has 0 spiro atoms. The Morgan fingerprint density at radius 1 is 1.00 bits per heavy atom. The highest BCUT2D eigenvalue weighted by Crippen LogP contribution is 2.13. The molecule has 4 rings (SSSR count). The van der Waals surface area contributed by atoms with Crippen molar-refractivity contribution in [3.63, 3.8) is 0 Å². The predicted molar refractivity (Wildman–Crippen MR) is 139 cm³/mol. The molecule has 38 heavy (non-hydrogen) atoms. The Bertz CT molecular complexity index is 1520. The third-order valence-corrected chi connectivity index (χ3v) is 5.43. The van der Waals surface area contributed by atoms with Crippen molar-refractivity contribution in [1.29, 1.82) is 0 Å². The number of nitrogen functional groups attached to an aromatic ring is 1. The summed E-state index contributed by atoms with van der Waals surface area (Å²) in [4.78, 5) is 63.0. The second-order valence-electron chi connectivity index (χ2n) is 8.23. The molecule has 2 amide bonds. The van der Waals surface area contributed by atoms with E-state index in [-0.39, 0.29) is 48.0 Å². The first-order valence-electron chi connectivity index (χ1n) is 11.5. The maximum atomic E-state index is 12.6. The number of hydrogen-bond donors (Lipinski definition) is 6. The van der Waals surface area contributed by atoms with E-state index in [1.807, 2.05) is 6.07 Å². The molecule has 0 aliphatic carbocycles. The van der Waals surface area contributed by atoms with Crippen LogP contribution in [-0.4, -0.2) is 48.9 Å². The Hall–Kier alpha value is -5.33. The van der Waals surface area contributed by atoms with Gasteiger partial charge in [0.1, 0.15) is 6.04 Å². The van der Waals surface area contributed by atoms with Gasteiger partial charge in [0.15, 0.2) is 11.2 Å². The van der Waals surface area contributed by atoms with Crippen molar-refractivity contribution in [3.05, 3.63) is 82.4 Å². The third-order valence-electron chi connectivity index (χ3n) is 5.43. The molecule has 7 N–H and O–H groups in total. The molecule has 0 aliphatic heterocycles. The number of nitrogens with one attached hydrogen (secondary N) is 4. The standard InChI is InChI=1S/C25H24N8O5/c26-25-32-21-20(23(36)33-25)30-17(13-28-21)12-27-15-8-6-14(7-9-15)22(35)31-18(24(37)38)10-11-19(34)29-16-4-2-1-3-5-16/h1-9,13,18,27H,10-12H2,(H,29,34)(H,31,35)(H,37,38)(H3,26,28,32,33,36)/t18-/m0/s1. The van der Waals surface area contributed by atoms with Crippen molar-refractivity contribution in [2.45, 2.75) is 25.4 Å². The Kier molecular flexibility index (Phi) is 7.86. The molecule has 13 heteroatoms. The van der Waals surface area contributed by atoms with Crippen LogP contribution in [0.3, 0.4) is 0 Å². The lowest BCUT2D eigenvalue weighted by Crippen LogP contribution is -2.41.